The summed E-state index contributed by atoms with van der Waals surface area (Å²) in [5.41, 5.74) is 0.402. The van der Waals surface area contributed by atoms with Gasteiger partial charge in [-0.3, -0.25) is 4.79 Å². The SMILES string of the molecule is CCOCC(C)NC(=O)c1cc(NC)ncc1Cl. The van der Waals surface area contributed by atoms with Gasteiger partial charge < -0.3 is 15.4 Å². The largest absolute Gasteiger partial charge is 0.380 e. The zero-order valence-electron chi connectivity index (χ0n) is 10.8. The number of ether oxygens (including phenoxy) is 1. The van der Waals surface area contributed by atoms with Crippen LogP contribution >= 0.6 is 11.6 Å². The molecule has 18 heavy (non-hydrogen) atoms. The topological polar surface area (TPSA) is 63.2 Å². The number of rotatable bonds is 6. The minimum Gasteiger partial charge on any atom is -0.380 e. The molecule has 0 radical (unpaired) electrons. The Morgan fingerprint density at radius 2 is 2.33 bits per heavy atom. The number of nitrogens with zero attached hydrogens (tertiary/aromatic N) is 1. The number of carbonyl (C=O) groups excluding carboxylic acids is 1. The highest BCUT2D eigenvalue weighted by Crippen LogP contribution is 2.17. The Hall–Kier alpha value is -1.33. The van der Waals surface area contributed by atoms with Crippen molar-refractivity contribution in [2.24, 2.45) is 0 Å². The average Bonchev–Trinajstić information content (AvgIpc) is 2.36. The van der Waals surface area contributed by atoms with Gasteiger partial charge in [0, 0.05) is 25.9 Å². The molecule has 0 saturated heterocycles. The second-order valence-corrected chi connectivity index (χ2v) is 4.24. The molecule has 0 aliphatic carbocycles. The average molecular weight is 272 g/mol. The molecule has 0 fully saturated rings. The number of anilines is 1. The van der Waals surface area contributed by atoms with Crippen molar-refractivity contribution in [3.8, 4) is 0 Å². The lowest BCUT2D eigenvalue weighted by molar-refractivity contribution is 0.0872. The van der Waals surface area contributed by atoms with Crippen LogP contribution in [0.3, 0.4) is 0 Å². The molecule has 0 saturated carbocycles. The third-order valence-electron chi connectivity index (χ3n) is 2.31. The lowest BCUT2D eigenvalue weighted by Gasteiger charge is -2.14. The van der Waals surface area contributed by atoms with Crippen LogP contribution in [0.4, 0.5) is 5.82 Å². The second-order valence-electron chi connectivity index (χ2n) is 3.83. The molecule has 0 aliphatic heterocycles. The Morgan fingerprint density at radius 1 is 1.61 bits per heavy atom. The van der Waals surface area contributed by atoms with E-state index in [9.17, 15) is 4.79 Å². The molecule has 2 N–H and O–H groups in total. The number of hydrogen-bond acceptors (Lipinski definition) is 4. The van der Waals surface area contributed by atoms with Gasteiger partial charge in [0.15, 0.2) is 0 Å². The highest BCUT2D eigenvalue weighted by atomic mass is 35.5. The predicted molar refractivity (Wildman–Crippen MR) is 72.2 cm³/mol. The molecule has 1 aromatic rings. The van der Waals surface area contributed by atoms with E-state index in [1.807, 2.05) is 13.8 Å². The first-order chi connectivity index (χ1) is 8.58. The molecule has 0 spiro atoms. The third kappa shape index (κ3) is 4.16. The lowest BCUT2D eigenvalue weighted by Crippen LogP contribution is -2.36. The van der Waals surface area contributed by atoms with Crippen LogP contribution in [0.25, 0.3) is 0 Å². The van der Waals surface area contributed by atoms with E-state index in [0.717, 1.165) is 0 Å². The fourth-order valence-corrected chi connectivity index (χ4v) is 1.58. The van der Waals surface area contributed by atoms with Crippen molar-refractivity contribution in [1.29, 1.82) is 0 Å². The van der Waals surface area contributed by atoms with Crippen molar-refractivity contribution in [3.05, 3.63) is 22.8 Å². The van der Waals surface area contributed by atoms with Crippen LogP contribution in [0.5, 0.6) is 0 Å². The van der Waals surface area contributed by atoms with Crippen molar-refractivity contribution >= 4 is 23.3 Å². The van der Waals surface area contributed by atoms with Crippen LogP contribution in [0.15, 0.2) is 12.3 Å². The first-order valence-electron chi connectivity index (χ1n) is 5.80. The molecule has 100 valence electrons. The van der Waals surface area contributed by atoms with E-state index in [1.165, 1.54) is 6.20 Å². The number of aromatic nitrogens is 1. The molecule has 1 unspecified atom stereocenters. The molecular formula is C12H18ClN3O2. The van der Waals surface area contributed by atoms with Crippen LogP contribution in [0.1, 0.15) is 24.2 Å². The Kier molecular flexibility index (Phi) is 5.88. The summed E-state index contributed by atoms with van der Waals surface area (Å²) >= 11 is 5.95. The number of nitrogens with one attached hydrogen (secondary N) is 2. The maximum atomic E-state index is 12.0. The minimum atomic E-state index is -0.230. The van der Waals surface area contributed by atoms with Crippen LogP contribution in [0.2, 0.25) is 5.02 Å². The third-order valence-corrected chi connectivity index (χ3v) is 2.61. The maximum Gasteiger partial charge on any atom is 0.253 e. The van der Waals surface area contributed by atoms with Crippen molar-refractivity contribution in [2.75, 3.05) is 25.6 Å². The van der Waals surface area contributed by atoms with Gasteiger partial charge in [0.1, 0.15) is 5.82 Å². The van der Waals surface area contributed by atoms with E-state index in [2.05, 4.69) is 15.6 Å². The fourth-order valence-electron chi connectivity index (χ4n) is 1.39. The van der Waals surface area contributed by atoms with E-state index in [1.54, 1.807) is 13.1 Å². The molecule has 1 aromatic heterocycles. The van der Waals surface area contributed by atoms with Crippen LogP contribution in [0, 0.1) is 0 Å². The van der Waals surface area contributed by atoms with Gasteiger partial charge in [0.2, 0.25) is 0 Å². The zero-order chi connectivity index (χ0) is 13.5. The zero-order valence-corrected chi connectivity index (χ0v) is 11.5. The minimum absolute atomic E-state index is 0.0697. The summed E-state index contributed by atoms with van der Waals surface area (Å²) in [6, 6.07) is 1.55. The molecular weight excluding hydrogens is 254 g/mol. The number of pyridine rings is 1. The highest BCUT2D eigenvalue weighted by Gasteiger charge is 2.14. The Labute approximate surface area is 112 Å². The number of carbonyl (C=O) groups is 1. The van der Waals surface area contributed by atoms with Crippen LogP contribution in [-0.4, -0.2) is 37.2 Å². The number of amides is 1. The van der Waals surface area contributed by atoms with Crippen molar-refractivity contribution in [2.45, 2.75) is 19.9 Å². The molecule has 0 aromatic carbocycles. The first kappa shape index (κ1) is 14.7. The Morgan fingerprint density at radius 3 is 2.94 bits per heavy atom. The predicted octanol–water partition coefficient (Wildman–Crippen LogP) is 1.93. The molecule has 0 bridgehead atoms. The van der Waals surface area contributed by atoms with Crippen LogP contribution < -0.4 is 10.6 Å². The number of hydrogen-bond donors (Lipinski definition) is 2. The Balaban J connectivity index is 2.71. The van der Waals surface area contributed by atoms with E-state index < -0.39 is 0 Å². The summed E-state index contributed by atoms with van der Waals surface area (Å²) in [6.45, 7) is 4.89. The van der Waals surface area contributed by atoms with Crippen molar-refractivity contribution in [3.63, 3.8) is 0 Å². The highest BCUT2D eigenvalue weighted by molar-refractivity contribution is 6.33. The summed E-state index contributed by atoms with van der Waals surface area (Å²) in [5.74, 6) is 0.369. The molecule has 1 heterocycles. The molecule has 5 nitrogen and oxygen atoms in total. The van der Waals surface area contributed by atoms with E-state index in [-0.39, 0.29) is 11.9 Å². The van der Waals surface area contributed by atoms with Crippen LogP contribution in [-0.2, 0) is 4.74 Å². The number of halogens is 1. The molecule has 0 aliphatic rings. The first-order valence-corrected chi connectivity index (χ1v) is 6.18. The fraction of sp³-hybridized carbons (Fsp3) is 0.500. The molecule has 1 atom stereocenters. The molecule has 1 rings (SSSR count). The molecule has 1 amide bonds. The van der Waals surface area contributed by atoms with E-state index in [4.69, 9.17) is 16.3 Å². The van der Waals surface area contributed by atoms with Gasteiger partial charge in [-0.05, 0) is 19.9 Å². The van der Waals surface area contributed by atoms with Gasteiger partial charge in [-0.1, -0.05) is 11.6 Å². The van der Waals surface area contributed by atoms with Gasteiger partial charge >= 0.3 is 0 Å². The summed E-state index contributed by atoms with van der Waals surface area (Å²) in [4.78, 5) is 16.0. The van der Waals surface area contributed by atoms with Gasteiger partial charge in [-0.2, -0.15) is 0 Å². The summed E-state index contributed by atoms with van der Waals surface area (Å²) in [5, 5.41) is 6.01. The lowest BCUT2D eigenvalue weighted by atomic mass is 10.2. The smallest absolute Gasteiger partial charge is 0.253 e. The van der Waals surface area contributed by atoms with Gasteiger partial charge in [-0.25, -0.2) is 4.98 Å². The van der Waals surface area contributed by atoms with Gasteiger partial charge in [0.05, 0.1) is 17.2 Å². The monoisotopic (exact) mass is 271 g/mol. The van der Waals surface area contributed by atoms with E-state index >= 15 is 0 Å². The second kappa shape index (κ2) is 7.18. The Bertz CT molecular complexity index is 412. The maximum absolute atomic E-state index is 12.0. The summed E-state index contributed by atoms with van der Waals surface area (Å²) in [6.07, 6.45) is 1.45. The normalized spacial score (nSPS) is 12.0. The quantitative estimate of drug-likeness (QED) is 0.830. The molecule has 6 heteroatoms. The van der Waals surface area contributed by atoms with E-state index in [0.29, 0.717) is 29.6 Å². The van der Waals surface area contributed by atoms with Gasteiger partial charge in [-0.15, -0.1) is 0 Å². The van der Waals surface area contributed by atoms with Crippen molar-refractivity contribution < 1.29 is 9.53 Å². The summed E-state index contributed by atoms with van der Waals surface area (Å²) < 4.78 is 5.23. The summed E-state index contributed by atoms with van der Waals surface area (Å²) in [7, 11) is 1.73. The standard InChI is InChI=1S/C12H18ClN3O2/c1-4-18-7-8(2)16-12(17)9-5-11(14-3)15-6-10(9)13/h5-6,8H,4,7H2,1-3H3,(H,14,15)(H,16,17). The van der Waals surface area contributed by atoms with Crippen molar-refractivity contribution in [1.82, 2.24) is 10.3 Å². The van der Waals surface area contributed by atoms with Gasteiger partial charge in [0.25, 0.3) is 5.91 Å².